The molecule has 2 N–H and O–H groups in total. The molecule has 1 aromatic carbocycles. The zero-order valence-corrected chi connectivity index (χ0v) is 10.6. The molecule has 19 heavy (non-hydrogen) atoms. The highest BCUT2D eigenvalue weighted by atomic mass is 19.1. The third kappa shape index (κ3) is 4.09. The largest absolute Gasteiger partial charge is 0.364 e. The lowest BCUT2D eigenvalue weighted by molar-refractivity contribution is 0.410. The second-order valence-corrected chi connectivity index (χ2v) is 3.90. The van der Waals surface area contributed by atoms with Gasteiger partial charge in [0.1, 0.15) is 17.8 Å². The first-order valence-corrected chi connectivity index (χ1v) is 5.86. The quantitative estimate of drug-likeness (QED) is 0.650. The van der Waals surface area contributed by atoms with Gasteiger partial charge >= 0.3 is 0 Å². The fraction of sp³-hybridized carbons (Fsp3) is 0.231. The first-order chi connectivity index (χ1) is 9.28. The van der Waals surface area contributed by atoms with Crippen molar-refractivity contribution in [3.05, 3.63) is 53.7 Å². The minimum Gasteiger partial charge on any atom is -0.364 e. The Morgan fingerprint density at radius 2 is 2.16 bits per heavy atom. The minimum absolute atomic E-state index is 0.246. The molecule has 0 radical (unpaired) electrons. The molecule has 0 spiro atoms. The Hall–Kier alpha value is -2.37. The van der Waals surface area contributed by atoms with Crippen LogP contribution in [0.2, 0.25) is 0 Å². The van der Waals surface area contributed by atoms with E-state index in [4.69, 9.17) is 4.52 Å². The third-order valence-electron chi connectivity index (χ3n) is 2.50. The fourth-order valence-electron chi connectivity index (χ4n) is 1.56. The molecule has 0 aliphatic heterocycles. The topological polar surface area (TPSA) is 62.5 Å². The van der Waals surface area contributed by atoms with Gasteiger partial charge in [-0.1, -0.05) is 17.3 Å². The summed E-state index contributed by atoms with van der Waals surface area (Å²) < 4.78 is 17.7. The fourth-order valence-corrected chi connectivity index (χ4v) is 1.56. The van der Waals surface area contributed by atoms with E-state index in [1.54, 1.807) is 19.2 Å². The Bertz CT molecular complexity index is 539. The van der Waals surface area contributed by atoms with E-state index in [2.05, 4.69) is 20.8 Å². The molecule has 0 saturated heterocycles. The Labute approximate surface area is 110 Å². The van der Waals surface area contributed by atoms with E-state index in [0.717, 1.165) is 11.3 Å². The summed E-state index contributed by atoms with van der Waals surface area (Å²) in [5.41, 5.74) is 1.64. The predicted molar refractivity (Wildman–Crippen MR) is 69.9 cm³/mol. The molecule has 5 nitrogen and oxygen atoms in total. The van der Waals surface area contributed by atoms with Crippen molar-refractivity contribution in [3.8, 4) is 0 Å². The lowest BCUT2D eigenvalue weighted by atomic mass is 10.2. The van der Waals surface area contributed by atoms with Gasteiger partial charge in [-0.25, -0.2) is 4.39 Å². The maximum atomic E-state index is 13.0. The highest BCUT2D eigenvalue weighted by Crippen LogP contribution is 2.02. The molecular weight excluding hydrogens is 247 g/mol. The number of halogens is 1. The highest BCUT2D eigenvalue weighted by Gasteiger charge is 2.01. The van der Waals surface area contributed by atoms with Crippen molar-refractivity contribution in [2.75, 3.05) is 7.05 Å². The summed E-state index contributed by atoms with van der Waals surface area (Å²) in [5.74, 6) is 0.372. The number of nitrogens with zero attached hydrogens (tertiary/aromatic N) is 2. The second-order valence-electron chi connectivity index (χ2n) is 3.90. The summed E-state index contributed by atoms with van der Waals surface area (Å²) in [4.78, 5) is 4.07. The molecule has 6 heteroatoms. The number of guanidine groups is 1. The first kappa shape index (κ1) is 13.1. The van der Waals surface area contributed by atoms with Crippen LogP contribution in [0.5, 0.6) is 0 Å². The maximum Gasteiger partial charge on any atom is 0.191 e. The number of benzene rings is 1. The van der Waals surface area contributed by atoms with Crippen LogP contribution in [0.25, 0.3) is 0 Å². The van der Waals surface area contributed by atoms with Crippen LogP contribution in [0.15, 0.2) is 46.1 Å². The molecule has 0 bridgehead atoms. The van der Waals surface area contributed by atoms with Crippen LogP contribution in [0.1, 0.15) is 11.3 Å². The molecule has 0 amide bonds. The summed E-state index contributed by atoms with van der Waals surface area (Å²) in [6, 6.07) is 8.20. The molecule has 0 atom stereocenters. The Balaban J connectivity index is 1.83. The van der Waals surface area contributed by atoms with Crippen molar-refractivity contribution in [2.24, 2.45) is 4.99 Å². The van der Waals surface area contributed by atoms with Gasteiger partial charge in [0.2, 0.25) is 0 Å². The number of hydrogen-bond donors (Lipinski definition) is 2. The number of hydrogen-bond acceptors (Lipinski definition) is 3. The molecule has 2 aromatic rings. The molecule has 0 fully saturated rings. The van der Waals surface area contributed by atoms with Crippen molar-refractivity contribution < 1.29 is 8.91 Å². The van der Waals surface area contributed by atoms with E-state index in [9.17, 15) is 4.39 Å². The SMILES string of the molecule is CN=C(NCc1cccc(F)c1)NCc1ccon1. The summed E-state index contributed by atoms with van der Waals surface area (Å²) in [6.45, 7) is 1.01. The van der Waals surface area contributed by atoms with Crippen molar-refractivity contribution >= 4 is 5.96 Å². The van der Waals surface area contributed by atoms with Gasteiger partial charge in [-0.05, 0) is 17.7 Å². The van der Waals surface area contributed by atoms with E-state index in [1.165, 1.54) is 18.4 Å². The summed E-state index contributed by atoms with van der Waals surface area (Å²) in [5, 5.41) is 9.95. The Morgan fingerprint density at radius 1 is 1.32 bits per heavy atom. The molecule has 0 unspecified atom stereocenters. The molecule has 1 heterocycles. The standard InChI is InChI=1S/C13H15FN4O/c1-15-13(17-9-12-5-6-19-18-12)16-8-10-3-2-4-11(14)7-10/h2-7H,8-9H2,1H3,(H2,15,16,17). The molecule has 2 rings (SSSR count). The Kier molecular flexibility index (Phi) is 4.49. The van der Waals surface area contributed by atoms with Crippen molar-refractivity contribution in [1.82, 2.24) is 15.8 Å². The van der Waals surface area contributed by atoms with Crippen LogP contribution in [-0.4, -0.2) is 18.2 Å². The van der Waals surface area contributed by atoms with Gasteiger partial charge in [-0.2, -0.15) is 0 Å². The minimum atomic E-state index is -0.246. The van der Waals surface area contributed by atoms with Gasteiger partial charge in [-0.3, -0.25) is 4.99 Å². The van der Waals surface area contributed by atoms with Crippen LogP contribution >= 0.6 is 0 Å². The van der Waals surface area contributed by atoms with Crippen LogP contribution in [0, 0.1) is 5.82 Å². The first-order valence-electron chi connectivity index (χ1n) is 5.86. The molecular formula is C13H15FN4O. The van der Waals surface area contributed by atoms with Crippen LogP contribution in [0.3, 0.4) is 0 Å². The number of aliphatic imine (C=N–C) groups is 1. The predicted octanol–water partition coefficient (Wildman–Crippen LogP) is 1.68. The lowest BCUT2D eigenvalue weighted by Gasteiger charge is -2.10. The Morgan fingerprint density at radius 3 is 2.84 bits per heavy atom. The average Bonchev–Trinajstić information content (AvgIpc) is 2.92. The van der Waals surface area contributed by atoms with Gasteiger partial charge in [0.25, 0.3) is 0 Å². The zero-order chi connectivity index (χ0) is 13.5. The van der Waals surface area contributed by atoms with E-state index < -0.39 is 0 Å². The lowest BCUT2D eigenvalue weighted by Crippen LogP contribution is -2.36. The van der Waals surface area contributed by atoms with E-state index in [0.29, 0.717) is 19.0 Å². The maximum absolute atomic E-state index is 13.0. The average molecular weight is 262 g/mol. The molecule has 0 aliphatic carbocycles. The van der Waals surface area contributed by atoms with E-state index >= 15 is 0 Å². The van der Waals surface area contributed by atoms with Gasteiger partial charge in [0.05, 0.1) is 6.54 Å². The van der Waals surface area contributed by atoms with Crippen LogP contribution < -0.4 is 10.6 Å². The molecule has 0 saturated carbocycles. The number of rotatable bonds is 4. The summed E-state index contributed by atoms with van der Waals surface area (Å²) in [7, 11) is 1.67. The molecule has 100 valence electrons. The van der Waals surface area contributed by atoms with Crippen molar-refractivity contribution in [3.63, 3.8) is 0 Å². The normalized spacial score (nSPS) is 11.4. The smallest absolute Gasteiger partial charge is 0.191 e. The highest BCUT2D eigenvalue weighted by molar-refractivity contribution is 5.79. The van der Waals surface area contributed by atoms with E-state index in [-0.39, 0.29) is 5.82 Å². The van der Waals surface area contributed by atoms with Crippen LogP contribution in [0.4, 0.5) is 4.39 Å². The third-order valence-corrected chi connectivity index (χ3v) is 2.50. The van der Waals surface area contributed by atoms with E-state index in [1.807, 2.05) is 6.07 Å². The number of nitrogens with one attached hydrogen (secondary N) is 2. The van der Waals surface area contributed by atoms with Gasteiger partial charge in [-0.15, -0.1) is 0 Å². The van der Waals surface area contributed by atoms with Crippen molar-refractivity contribution in [1.29, 1.82) is 0 Å². The van der Waals surface area contributed by atoms with Gasteiger partial charge in [0, 0.05) is 19.7 Å². The summed E-state index contributed by atoms with van der Waals surface area (Å²) in [6.07, 6.45) is 1.51. The molecule has 1 aromatic heterocycles. The van der Waals surface area contributed by atoms with Crippen LogP contribution in [-0.2, 0) is 13.1 Å². The zero-order valence-electron chi connectivity index (χ0n) is 10.6. The summed E-state index contributed by atoms with van der Waals surface area (Å²) >= 11 is 0. The van der Waals surface area contributed by atoms with Gasteiger partial charge in [0.15, 0.2) is 5.96 Å². The van der Waals surface area contributed by atoms with Gasteiger partial charge < -0.3 is 15.2 Å². The number of aromatic nitrogens is 1. The second kappa shape index (κ2) is 6.53. The monoisotopic (exact) mass is 262 g/mol. The van der Waals surface area contributed by atoms with Crippen molar-refractivity contribution in [2.45, 2.75) is 13.1 Å². The molecule has 0 aliphatic rings.